The van der Waals surface area contributed by atoms with E-state index in [-0.39, 0.29) is 12.8 Å². The number of cyclic esters (lactones) is 4. The quantitative estimate of drug-likeness (QED) is 0.321. The van der Waals surface area contributed by atoms with Crippen LogP contribution in [0.25, 0.3) is 0 Å². The highest BCUT2D eigenvalue weighted by Gasteiger charge is 2.61. The lowest BCUT2D eigenvalue weighted by Crippen LogP contribution is -2.64. The van der Waals surface area contributed by atoms with Gasteiger partial charge in [-0.1, -0.05) is 40.3 Å². The van der Waals surface area contributed by atoms with Gasteiger partial charge in [-0.3, -0.25) is 19.2 Å². The fourth-order valence-electron chi connectivity index (χ4n) is 4.78. The molecule has 7 nitrogen and oxygen atoms in total. The average molecular weight is 443 g/mol. The van der Waals surface area contributed by atoms with Crippen LogP contribution in [0.4, 0.5) is 0 Å². The van der Waals surface area contributed by atoms with E-state index in [1.165, 1.54) is 0 Å². The van der Waals surface area contributed by atoms with E-state index >= 15 is 0 Å². The third-order valence-electron chi connectivity index (χ3n) is 8.01. The third kappa shape index (κ3) is 3.88. The van der Waals surface area contributed by atoms with E-state index < -0.39 is 62.0 Å². The van der Waals surface area contributed by atoms with Crippen molar-refractivity contribution in [2.24, 2.45) is 5.92 Å². The fourth-order valence-corrected chi connectivity index (χ4v) is 13.0. The van der Waals surface area contributed by atoms with Crippen molar-refractivity contribution < 1.29 is 33.1 Å². The molecule has 0 radical (unpaired) electrons. The van der Waals surface area contributed by atoms with Gasteiger partial charge >= 0.3 is 23.9 Å². The minimum atomic E-state index is -2.60. The van der Waals surface area contributed by atoms with E-state index in [1.54, 1.807) is 0 Å². The molecule has 29 heavy (non-hydrogen) atoms. The molecule has 2 saturated heterocycles. The van der Waals surface area contributed by atoms with Crippen molar-refractivity contribution in [1.82, 2.24) is 0 Å². The van der Waals surface area contributed by atoms with E-state index in [9.17, 15) is 19.2 Å². The molecule has 2 heterocycles. The van der Waals surface area contributed by atoms with Gasteiger partial charge in [0.15, 0.2) is 8.32 Å². The van der Waals surface area contributed by atoms with Gasteiger partial charge in [0, 0.05) is 10.3 Å². The molecule has 0 saturated carbocycles. The van der Waals surface area contributed by atoms with Gasteiger partial charge in [0.05, 0.1) is 32.4 Å². The predicted octanol–water partition coefficient (Wildman–Crippen LogP) is 3.73. The number of ether oxygens (including phenoxy) is 2. The Kier molecular flexibility index (Phi) is 6.39. The molecule has 164 valence electrons. The number of esters is 4. The predicted molar refractivity (Wildman–Crippen MR) is 112 cm³/mol. The smallest absolute Gasteiger partial charge is 0.317 e. The van der Waals surface area contributed by atoms with Crippen LogP contribution < -0.4 is 0 Å². The maximum Gasteiger partial charge on any atom is 0.317 e. The van der Waals surface area contributed by atoms with Crippen LogP contribution in [0.15, 0.2) is 0 Å². The van der Waals surface area contributed by atoms with Crippen LogP contribution in [0, 0.1) is 5.92 Å². The molecule has 0 aromatic carbocycles. The summed E-state index contributed by atoms with van der Waals surface area (Å²) in [7, 11) is -5.07. The molecule has 2 aliphatic heterocycles. The Hall–Kier alpha value is -1.33. The number of hydrogen-bond acceptors (Lipinski definition) is 7. The van der Waals surface area contributed by atoms with E-state index in [2.05, 4.69) is 26.2 Å². The molecule has 2 fully saturated rings. The molecule has 0 amide bonds. The third-order valence-corrected chi connectivity index (χ3v) is 18.0. The summed E-state index contributed by atoms with van der Waals surface area (Å²) < 4.78 is 16.6. The SMILES string of the molecule is CC[C@](C)(C1CC(=O)OC1=O)[Si](C)(C)O[C@@](C)(CC)[Si](C)(C)C1CC(=O)OC1=O. The maximum absolute atomic E-state index is 12.4. The molecule has 0 aliphatic carbocycles. The summed E-state index contributed by atoms with van der Waals surface area (Å²) in [5.74, 6) is -2.39. The van der Waals surface area contributed by atoms with Crippen LogP contribution in [0.5, 0.6) is 0 Å². The molecular formula is C20H34O7Si2. The van der Waals surface area contributed by atoms with Crippen molar-refractivity contribution in [3.05, 3.63) is 0 Å². The Morgan fingerprint density at radius 1 is 0.897 bits per heavy atom. The first-order chi connectivity index (χ1) is 13.1. The summed E-state index contributed by atoms with van der Waals surface area (Å²) in [6, 6.07) is 0. The van der Waals surface area contributed by atoms with Crippen molar-refractivity contribution in [3.63, 3.8) is 0 Å². The highest BCUT2D eigenvalue weighted by Crippen LogP contribution is 2.54. The highest BCUT2D eigenvalue weighted by atomic mass is 28.4. The second-order valence-electron chi connectivity index (χ2n) is 9.79. The summed E-state index contributed by atoms with van der Waals surface area (Å²) in [5.41, 5.74) is -0.448. The van der Waals surface area contributed by atoms with Gasteiger partial charge in [0.25, 0.3) is 0 Å². The molecule has 9 heteroatoms. The number of hydrogen-bond donors (Lipinski definition) is 0. The average Bonchev–Trinajstić information content (AvgIpc) is 3.14. The van der Waals surface area contributed by atoms with Gasteiger partial charge in [-0.15, -0.1) is 0 Å². The van der Waals surface area contributed by atoms with Crippen molar-refractivity contribution >= 4 is 40.3 Å². The molecule has 2 unspecified atom stereocenters. The summed E-state index contributed by atoms with van der Waals surface area (Å²) >= 11 is 0. The van der Waals surface area contributed by atoms with Crippen molar-refractivity contribution in [2.75, 3.05) is 0 Å². The first-order valence-corrected chi connectivity index (χ1v) is 16.3. The molecule has 2 rings (SSSR count). The van der Waals surface area contributed by atoms with Crippen LogP contribution >= 0.6 is 0 Å². The number of rotatable bonds is 8. The largest absolute Gasteiger partial charge is 0.414 e. The standard InChI is InChI=1S/C20H34O7Si2/c1-9-19(3,13-11-15(21)25-17(13)23)29(7,8)27-20(4,10-2)28(5,6)14-12-16(22)26-18(14)24/h13-14H,9-12H2,1-8H3/t13?,14?,19-,20-/m1/s1. The van der Waals surface area contributed by atoms with Crippen LogP contribution in [0.2, 0.25) is 36.8 Å². The number of carbonyl (C=O) groups excluding carboxylic acids is 4. The second kappa shape index (κ2) is 7.74. The monoisotopic (exact) mass is 442 g/mol. The van der Waals surface area contributed by atoms with Crippen molar-refractivity contribution in [1.29, 1.82) is 0 Å². The number of carbonyl (C=O) groups is 4. The second-order valence-corrected chi connectivity index (χ2v) is 19.4. The topological polar surface area (TPSA) is 96.0 Å². The Balaban J connectivity index is 2.40. The zero-order valence-corrected chi connectivity index (χ0v) is 20.8. The lowest BCUT2D eigenvalue weighted by molar-refractivity contribution is -0.154. The molecule has 0 N–H and O–H groups in total. The van der Waals surface area contributed by atoms with Gasteiger partial charge in [0.1, 0.15) is 0 Å². The molecule has 2 aliphatic rings. The van der Waals surface area contributed by atoms with Crippen LogP contribution in [-0.4, -0.2) is 45.5 Å². The highest BCUT2D eigenvalue weighted by molar-refractivity contribution is 6.86. The summed E-state index contributed by atoms with van der Waals surface area (Å²) in [4.78, 5) is 48.2. The first-order valence-electron chi connectivity index (χ1n) is 10.3. The van der Waals surface area contributed by atoms with Gasteiger partial charge in [-0.2, -0.15) is 0 Å². The van der Waals surface area contributed by atoms with Gasteiger partial charge in [-0.25, -0.2) is 0 Å². The zero-order valence-electron chi connectivity index (χ0n) is 18.8. The summed E-state index contributed by atoms with van der Waals surface area (Å²) in [6.07, 6.45) is 1.53. The van der Waals surface area contributed by atoms with E-state index in [0.29, 0.717) is 12.8 Å². The first kappa shape index (κ1) is 23.9. The Morgan fingerprint density at radius 3 is 1.79 bits per heavy atom. The van der Waals surface area contributed by atoms with Crippen molar-refractivity contribution in [2.45, 2.75) is 95.4 Å². The van der Waals surface area contributed by atoms with Gasteiger partial charge in [0.2, 0.25) is 0 Å². The van der Waals surface area contributed by atoms with E-state index in [1.807, 2.05) is 27.7 Å². The van der Waals surface area contributed by atoms with E-state index in [4.69, 9.17) is 13.9 Å². The molecular weight excluding hydrogens is 408 g/mol. The summed E-state index contributed by atoms with van der Waals surface area (Å²) in [6.45, 7) is 16.4. The minimum absolute atomic E-state index is 0.0794. The van der Waals surface area contributed by atoms with Crippen LogP contribution in [-0.2, 0) is 33.1 Å². The Morgan fingerprint density at radius 2 is 1.41 bits per heavy atom. The van der Waals surface area contributed by atoms with Crippen molar-refractivity contribution in [3.8, 4) is 0 Å². The van der Waals surface area contributed by atoms with Crippen LogP contribution in [0.1, 0.15) is 53.4 Å². The maximum atomic E-state index is 12.4. The lowest BCUT2D eigenvalue weighted by Gasteiger charge is -2.53. The molecule has 0 aromatic rings. The molecule has 0 spiro atoms. The van der Waals surface area contributed by atoms with Gasteiger partial charge in [-0.05, 0) is 26.4 Å². The fraction of sp³-hybridized carbons (Fsp3) is 0.800. The van der Waals surface area contributed by atoms with Gasteiger partial charge < -0.3 is 13.9 Å². The van der Waals surface area contributed by atoms with E-state index in [0.717, 1.165) is 0 Å². The summed E-state index contributed by atoms with van der Waals surface area (Å²) in [5, 5.41) is -1.11. The molecule has 0 aromatic heterocycles. The Bertz CT molecular complexity index is 732. The Labute approximate surface area is 175 Å². The minimum Gasteiger partial charge on any atom is -0.414 e. The lowest BCUT2D eigenvalue weighted by atomic mass is 9.89. The molecule has 4 atom stereocenters. The zero-order chi connectivity index (χ0) is 22.4. The molecule has 0 bridgehead atoms. The van der Waals surface area contributed by atoms with Crippen LogP contribution in [0.3, 0.4) is 0 Å². The normalized spacial score (nSPS) is 27.4.